The van der Waals surface area contributed by atoms with E-state index >= 15 is 0 Å². The number of rotatable bonds is 12. The molecule has 0 bridgehead atoms. The summed E-state index contributed by atoms with van der Waals surface area (Å²) in [5.74, 6) is 0.563. The minimum Gasteiger partial charge on any atom is -0.398 e. The Hall–Kier alpha value is -4.62. The second-order valence-electron chi connectivity index (χ2n) is 21.1. The summed E-state index contributed by atoms with van der Waals surface area (Å²) >= 11 is 0. The lowest BCUT2D eigenvalue weighted by Gasteiger charge is -2.50. The predicted molar refractivity (Wildman–Crippen MR) is 272 cm³/mol. The summed E-state index contributed by atoms with van der Waals surface area (Å²) in [7, 11) is 0. The van der Waals surface area contributed by atoms with Gasteiger partial charge in [0.05, 0.1) is 0 Å². The molecule has 0 radical (unpaired) electrons. The first-order chi connectivity index (χ1) is 29.2. The second-order valence-corrected chi connectivity index (χ2v) is 21.1. The van der Waals surface area contributed by atoms with Gasteiger partial charge in [0.2, 0.25) is 0 Å². The highest BCUT2D eigenvalue weighted by atomic mass is 14.6. The smallest absolute Gasteiger partial charge is 0.0409 e. The molecular formula is C61H79N. The molecule has 0 heterocycles. The highest BCUT2D eigenvalue weighted by Gasteiger charge is 2.46. The quantitative estimate of drug-likeness (QED) is 0.142. The van der Waals surface area contributed by atoms with E-state index in [2.05, 4.69) is 194 Å². The normalized spacial score (nSPS) is 21.8. The van der Waals surface area contributed by atoms with Gasteiger partial charge in [0.25, 0.3) is 0 Å². The van der Waals surface area contributed by atoms with Gasteiger partial charge in [-0.25, -0.2) is 0 Å². The molecule has 328 valence electrons. The summed E-state index contributed by atoms with van der Waals surface area (Å²) in [6.45, 7) is 38.1. The van der Waals surface area contributed by atoms with E-state index in [9.17, 15) is 0 Å². The molecule has 62 heavy (non-hydrogen) atoms. The lowest BCUT2D eigenvalue weighted by Crippen LogP contribution is -2.43. The Kier molecular flexibility index (Phi) is 13.8. The van der Waals surface area contributed by atoms with Crippen LogP contribution in [-0.2, 0) is 29.1 Å². The molecule has 0 aliphatic heterocycles. The monoisotopic (exact) mass is 826 g/mol. The van der Waals surface area contributed by atoms with Gasteiger partial charge >= 0.3 is 0 Å². The van der Waals surface area contributed by atoms with Crippen molar-refractivity contribution < 1.29 is 0 Å². The van der Waals surface area contributed by atoms with E-state index < -0.39 is 5.41 Å². The first-order valence-corrected chi connectivity index (χ1v) is 23.8. The number of nitrogens with two attached hydrogens (primary N) is 1. The van der Waals surface area contributed by atoms with Crippen LogP contribution in [0.25, 0.3) is 11.1 Å². The Morgan fingerprint density at radius 3 is 2.13 bits per heavy atom. The zero-order valence-corrected chi connectivity index (χ0v) is 41.3. The van der Waals surface area contributed by atoms with E-state index in [4.69, 9.17) is 12.3 Å². The standard InChI is InChI=1S/C61H79N/c1-16-48-38-51-43(6)29-32-58(10,11)56(51)39-50(48)44(7)37-57(62)53(17-2)61(15,55-36-41(4)35-54(45(55)8)60(14)31-24-23-30-59(60,12)13)46(9)52(49-28-22-21-25-42(49)5)34-40(3)33-47-26-19-18-20-27-47/h17-22,25-28,34-39,43H,7,16,23-24,29-33,62H2,1-6,8-15H3/b40-34-,52-46+,53-17+,57-37+. The predicted octanol–water partition coefficient (Wildman–Crippen LogP) is 16.6. The molecule has 0 aromatic heterocycles. The van der Waals surface area contributed by atoms with Crippen LogP contribution in [0.4, 0.5) is 0 Å². The van der Waals surface area contributed by atoms with Gasteiger partial charge in [-0.15, -0.1) is 0 Å². The Balaban J connectivity index is 1.65. The highest BCUT2D eigenvalue weighted by molar-refractivity contribution is 5.83. The number of hydrogen-bond acceptors (Lipinski definition) is 1. The minimum atomic E-state index is -0.600. The molecule has 1 saturated carbocycles. The summed E-state index contributed by atoms with van der Waals surface area (Å²) < 4.78 is 0. The summed E-state index contributed by atoms with van der Waals surface area (Å²) in [4.78, 5) is 0. The van der Waals surface area contributed by atoms with E-state index in [1.165, 1.54) is 116 Å². The van der Waals surface area contributed by atoms with Gasteiger partial charge in [0.15, 0.2) is 0 Å². The molecule has 0 amide bonds. The average Bonchev–Trinajstić information content (AvgIpc) is 3.23. The molecule has 0 saturated heterocycles. The average molecular weight is 826 g/mol. The van der Waals surface area contributed by atoms with Crippen molar-refractivity contribution in [1.29, 1.82) is 0 Å². The van der Waals surface area contributed by atoms with Crippen molar-refractivity contribution in [3.05, 3.63) is 187 Å². The van der Waals surface area contributed by atoms with E-state index in [1.807, 2.05) is 0 Å². The molecule has 3 atom stereocenters. The van der Waals surface area contributed by atoms with Gasteiger partial charge in [-0.2, -0.15) is 0 Å². The number of aryl methyl sites for hydroxylation is 3. The fraction of sp³-hybridized carbons (Fsp3) is 0.443. The van der Waals surface area contributed by atoms with Gasteiger partial charge in [0, 0.05) is 11.1 Å². The molecule has 4 aromatic rings. The zero-order valence-electron chi connectivity index (χ0n) is 41.3. The maximum atomic E-state index is 7.64. The van der Waals surface area contributed by atoms with Crippen LogP contribution in [0.1, 0.15) is 182 Å². The van der Waals surface area contributed by atoms with Crippen molar-refractivity contribution in [2.24, 2.45) is 11.1 Å². The van der Waals surface area contributed by atoms with Crippen molar-refractivity contribution in [1.82, 2.24) is 0 Å². The summed E-state index contributed by atoms with van der Waals surface area (Å²) in [5.41, 5.74) is 29.0. The molecule has 1 heteroatoms. The molecule has 6 rings (SSSR count). The van der Waals surface area contributed by atoms with Crippen molar-refractivity contribution in [3.63, 3.8) is 0 Å². The largest absolute Gasteiger partial charge is 0.398 e. The fourth-order valence-electron chi connectivity index (χ4n) is 11.6. The molecule has 1 nitrogen and oxygen atoms in total. The van der Waals surface area contributed by atoms with E-state index in [-0.39, 0.29) is 16.2 Å². The van der Waals surface area contributed by atoms with Crippen LogP contribution < -0.4 is 5.73 Å². The third-order valence-electron chi connectivity index (χ3n) is 16.1. The Morgan fingerprint density at radius 1 is 0.823 bits per heavy atom. The second kappa shape index (κ2) is 18.2. The Labute approximate surface area is 378 Å². The Bertz CT molecular complexity index is 2440. The number of benzene rings is 4. The van der Waals surface area contributed by atoms with Gasteiger partial charge in [-0.05, 0) is 188 Å². The topological polar surface area (TPSA) is 26.0 Å². The van der Waals surface area contributed by atoms with Gasteiger partial charge in [0.1, 0.15) is 0 Å². The van der Waals surface area contributed by atoms with E-state index in [0.29, 0.717) is 5.92 Å². The maximum Gasteiger partial charge on any atom is 0.0409 e. The summed E-state index contributed by atoms with van der Waals surface area (Å²) in [6.07, 6.45) is 16.2. The summed E-state index contributed by atoms with van der Waals surface area (Å²) in [6, 6.07) is 29.7. The number of allylic oxidation sites excluding steroid dienone is 8. The van der Waals surface area contributed by atoms with Crippen LogP contribution in [0.3, 0.4) is 0 Å². The van der Waals surface area contributed by atoms with E-state index in [0.717, 1.165) is 29.7 Å². The van der Waals surface area contributed by atoms with Crippen LogP contribution in [0, 0.1) is 26.2 Å². The number of hydrogen-bond donors (Lipinski definition) is 1. The van der Waals surface area contributed by atoms with Gasteiger partial charge in [-0.3, -0.25) is 0 Å². The SMILES string of the molecule is C=C(/C=C(N)\C(=C/C)C(C)(/C(C)=C(\C=C(\C)Cc1ccccc1)c1ccccc1C)c1cc(C)cc(C2(C)CCCCC2(C)C)c1C)c1cc2c(cc1CC)C(C)CCC2(C)C. The molecule has 2 aliphatic carbocycles. The summed E-state index contributed by atoms with van der Waals surface area (Å²) in [5, 5.41) is 0. The highest BCUT2D eigenvalue weighted by Crippen LogP contribution is 2.55. The van der Waals surface area contributed by atoms with Crippen LogP contribution in [0.2, 0.25) is 0 Å². The molecule has 4 aromatic carbocycles. The lowest BCUT2D eigenvalue weighted by molar-refractivity contribution is 0.108. The third-order valence-corrected chi connectivity index (χ3v) is 16.1. The van der Waals surface area contributed by atoms with Crippen LogP contribution >= 0.6 is 0 Å². The molecular weight excluding hydrogens is 747 g/mol. The van der Waals surface area contributed by atoms with Crippen LogP contribution in [-0.4, -0.2) is 0 Å². The van der Waals surface area contributed by atoms with Gasteiger partial charge < -0.3 is 5.73 Å². The molecule has 2 aliphatic rings. The minimum absolute atomic E-state index is 0.0414. The third kappa shape index (κ3) is 8.81. The van der Waals surface area contributed by atoms with Crippen molar-refractivity contribution in [2.45, 2.75) is 170 Å². The van der Waals surface area contributed by atoms with Crippen molar-refractivity contribution >= 4 is 11.1 Å². The Morgan fingerprint density at radius 2 is 1.48 bits per heavy atom. The first kappa shape index (κ1) is 46.9. The molecule has 1 fully saturated rings. The molecule has 0 spiro atoms. The number of fused-ring (bicyclic) bond motifs is 1. The van der Waals surface area contributed by atoms with Crippen LogP contribution in [0.15, 0.2) is 126 Å². The molecule has 2 N–H and O–H groups in total. The molecule has 3 unspecified atom stereocenters. The maximum absolute atomic E-state index is 7.64. The van der Waals surface area contributed by atoms with Crippen LogP contribution in [0.5, 0.6) is 0 Å². The van der Waals surface area contributed by atoms with Gasteiger partial charge in [-0.1, -0.05) is 176 Å². The first-order valence-electron chi connectivity index (χ1n) is 23.8. The van der Waals surface area contributed by atoms with Crippen molar-refractivity contribution in [3.8, 4) is 0 Å². The zero-order chi connectivity index (χ0) is 45.4. The fourth-order valence-corrected chi connectivity index (χ4v) is 11.6. The van der Waals surface area contributed by atoms with Crippen molar-refractivity contribution in [2.75, 3.05) is 0 Å². The lowest BCUT2D eigenvalue weighted by atomic mass is 9.54. The van der Waals surface area contributed by atoms with E-state index in [1.54, 1.807) is 0 Å².